The van der Waals surface area contributed by atoms with E-state index in [-0.39, 0.29) is 5.82 Å². The van der Waals surface area contributed by atoms with Gasteiger partial charge in [-0.3, -0.25) is 0 Å². The third-order valence-electron chi connectivity index (χ3n) is 1.98. The van der Waals surface area contributed by atoms with Crippen LogP contribution in [0.3, 0.4) is 0 Å². The molecule has 2 heteroatoms. The van der Waals surface area contributed by atoms with E-state index >= 15 is 0 Å². The Morgan fingerprint density at radius 2 is 2.09 bits per heavy atom. The Morgan fingerprint density at radius 3 is 2.73 bits per heavy atom. The minimum atomic E-state index is -0.0595. The third kappa shape index (κ3) is 1.45. The summed E-state index contributed by atoms with van der Waals surface area (Å²) >= 11 is 3.33. The summed E-state index contributed by atoms with van der Waals surface area (Å²) in [5, 5.41) is 0. The maximum atomic E-state index is 13.0. The average Bonchev–Trinajstić information content (AvgIpc) is 2.76. The van der Waals surface area contributed by atoms with Gasteiger partial charge >= 0.3 is 0 Å². The van der Waals surface area contributed by atoms with Gasteiger partial charge in [-0.2, -0.15) is 0 Å². The van der Waals surface area contributed by atoms with Crippen molar-refractivity contribution in [3.8, 4) is 0 Å². The van der Waals surface area contributed by atoms with Crippen molar-refractivity contribution in [2.45, 2.75) is 18.8 Å². The lowest BCUT2D eigenvalue weighted by Crippen LogP contribution is -1.85. The van der Waals surface area contributed by atoms with E-state index in [9.17, 15) is 4.39 Å². The van der Waals surface area contributed by atoms with E-state index in [2.05, 4.69) is 15.9 Å². The van der Waals surface area contributed by atoms with E-state index in [1.807, 2.05) is 6.07 Å². The number of halogens is 2. The van der Waals surface area contributed by atoms with Crippen molar-refractivity contribution < 1.29 is 4.39 Å². The fourth-order valence-electron chi connectivity index (χ4n) is 1.22. The molecule has 2 rings (SSSR count). The number of hydrogen-bond acceptors (Lipinski definition) is 0. The van der Waals surface area contributed by atoms with Crippen LogP contribution in [-0.2, 0) is 0 Å². The van der Waals surface area contributed by atoms with Gasteiger partial charge in [0.25, 0.3) is 0 Å². The third-order valence-corrected chi connectivity index (χ3v) is 2.47. The maximum Gasteiger partial charge on any atom is 0.126 e. The minimum Gasteiger partial charge on any atom is -0.207 e. The van der Waals surface area contributed by atoms with Crippen molar-refractivity contribution >= 4 is 15.9 Å². The van der Waals surface area contributed by atoms with E-state index in [1.165, 1.54) is 6.07 Å². The van der Waals surface area contributed by atoms with Gasteiger partial charge in [-0.25, -0.2) is 4.39 Å². The molecule has 0 saturated heterocycles. The summed E-state index contributed by atoms with van der Waals surface area (Å²) in [5.41, 5.74) is 0.874. The van der Waals surface area contributed by atoms with Crippen LogP contribution in [0.5, 0.6) is 0 Å². The van der Waals surface area contributed by atoms with Crippen LogP contribution in [0.1, 0.15) is 24.3 Å². The van der Waals surface area contributed by atoms with E-state index in [4.69, 9.17) is 0 Å². The summed E-state index contributed by atoms with van der Waals surface area (Å²) < 4.78 is 14.0. The van der Waals surface area contributed by atoms with Crippen molar-refractivity contribution in [3.05, 3.63) is 34.1 Å². The van der Waals surface area contributed by atoms with Gasteiger partial charge in [-0.05, 0) is 42.5 Å². The second-order valence-corrected chi connectivity index (χ2v) is 3.86. The second-order valence-electron chi connectivity index (χ2n) is 2.94. The number of rotatable bonds is 1. The van der Waals surface area contributed by atoms with Crippen LogP contribution in [0.4, 0.5) is 4.39 Å². The molecule has 0 radical (unpaired) electrons. The van der Waals surface area contributed by atoms with Gasteiger partial charge in [0.2, 0.25) is 0 Å². The van der Waals surface area contributed by atoms with E-state index < -0.39 is 0 Å². The summed E-state index contributed by atoms with van der Waals surface area (Å²) in [7, 11) is 0. The molecule has 1 aromatic rings. The molecule has 0 atom stereocenters. The molecule has 0 heterocycles. The van der Waals surface area contributed by atoms with Gasteiger partial charge in [0, 0.05) is 4.47 Å². The molecule has 1 saturated carbocycles. The second kappa shape index (κ2) is 2.59. The molecule has 1 fully saturated rings. The van der Waals surface area contributed by atoms with Gasteiger partial charge in [0.1, 0.15) is 5.82 Å². The molecule has 0 aromatic heterocycles. The quantitative estimate of drug-likeness (QED) is 0.672. The lowest BCUT2D eigenvalue weighted by atomic mass is 10.1. The van der Waals surface area contributed by atoms with Crippen LogP contribution in [0, 0.1) is 5.82 Å². The van der Waals surface area contributed by atoms with Gasteiger partial charge in [-0.1, -0.05) is 15.9 Å². The molecule has 11 heavy (non-hydrogen) atoms. The molecule has 0 spiro atoms. The van der Waals surface area contributed by atoms with E-state index in [0.717, 1.165) is 22.9 Å². The van der Waals surface area contributed by atoms with Gasteiger partial charge < -0.3 is 0 Å². The SMILES string of the molecule is Fc1ccc(Br)cc1C1CC1. The van der Waals surface area contributed by atoms with E-state index in [0.29, 0.717) is 5.92 Å². The predicted molar refractivity (Wildman–Crippen MR) is 46.1 cm³/mol. The van der Waals surface area contributed by atoms with Gasteiger partial charge in [0.15, 0.2) is 0 Å². The normalized spacial score (nSPS) is 16.9. The fourth-order valence-corrected chi connectivity index (χ4v) is 1.60. The van der Waals surface area contributed by atoms with Crippen LogP contribution < -0.4 is 0 Å². The first-order valence-electron chi connectivity index (χ1n) is 3.72. The minimum absolute atomic E-state index is 0.0595. The van der Waals surface area contributed by atoms with Crippen LogP contribution in [0.25, 0.3) is 0 Å². The molecular formula is C9H8BrF. The smallest absolute Gasteiger partial charge is 0.126 e. The molecule has 0 bridgehead atoms. The van der Waals surface area contributed by atoms with Crippen LogP contribution in [0.15, 0.2) is 22.7 Å². The summed E-state index contributed by atoms with van der Waals surface area (Å²) in [6.45, 7) is 0. The fraction of sp³-hybridized carbons (Fsp3) is 0.333. The molecule has 0 nitrogen and oxygen atoms in total. The summed E-state index contributed by atoms with van der Waals surface area (Å²) in [5.74, 6) is 0.434. The molecule has 1 aliphatic rings. The molecular weight excluding hydrogens is 207 g/mol. The van der Waals surface area contributed by atoms with Crippen molar-refractivity contribution in [2.24, 2.45) is 0 Å². The average molecular weight is 215 g/mol. The lowest BCUT2D eigenvalue weighted by molar-refractivity contribution is 0.610. The molecule has 1 aliphatic carbocycles. The Balaban J connectivity index is 2.42. The highest BCUT2D eigenvalue weighted by molar-refractivity contribution is 9.10. The maximum absolute atomic E-state index is 13.0. The Kier molecular flexibility index (Phi) is 1.72. The van der Waals surface area contributed by atoms with Gasteiger partial charge in [-0.15, -0.1) is 0 Å². The highest BCUT2D eigenvalue weighted by Crippen LogP contribution is 2.41. The first kappa shape index (κ1) is 7.29. The standard InChI is InChI=1S/C9H8BrF/c10-7-3-4-9(11)8(5-7)6-1-2-6/h3-6H,1-2H2. The Labute approximate surface area is 73.6 Å². The van der Waals surface area contributed by atoms with Crippen molar-refractivity contribution in [1.29, 1.82) is 0 Å². The Bertz CT molecular complexity index is 279. The molecule has 1 aromatic carbocycles. The van der Waals surface area contributed by atoms with Crippen molar-refractivity contribution in [2.75, 3.05) is 0 Å². The highest BCUT2D eigenvalue weighted by atomic mass is 79.9. The lowest BCUT2D eigenvalue weighted by Gasteiger charge is -1.99. The predicted octanol–water partition coefficient (Wildman–Crippen LogP) is 3.47. The van der Waals surface area contributed by atoms with Crippen LogP contribution >= 0.6 is 15.9 Å². The first-order valence-corrected chi connectivity index (χ1v) is 4.51. The Hall–Kier alpha value is -0.370. The zero-order valence-electron chi connectivity index (χ0n) is 5.98. The zero-order valence-corrected chi connectivity index (χ0v) is 7.57. The highest BCUT2D eigenvalue weighted by Gasteiger charge is 2.26. The van der Waals surface area contributed by atoms with Crippen molar-refractivity contribution in [3.63, 3.8) is 0 Å². The molecule has 0 N–H and O–H groups in total. The number of hydrogen-bond donors (Lipinski definition) is 0. The van der Waals surface area contributed by atoms with Crippen LogP contribution in [0.2, 0.25) is 0 Å². The summed E-state index contributed by atoms with van der Waals surface area (Å²) in [6.07, 6.45) is 2.29. The van der Waals surface area contributed by atoms with E-state index in [1.54, 1.807) is 6.07 Å². The largest absolute Gasteiger partial charge is 0.207 e. The monoisotopic (exact) mass is 214 g/mol. The first-order chi connectivity index (χ1) is 5.27. The topological polar surface area (TPSA) is 0 Å². The summed E-state index contributed by atoms with van der Waals surface area (Å²) in [6, 6.07) is 5.14. The number of benzene rings is 1. The van der Waals surface area contributed by atoms with Gasteiger partial charge in [0.05, 0.1) is 0 Å². The summed E-state index contributed by atoms with van der Waals surface area (Å²) in [4.78, 5) is 0. The molecule has 0 aliphatic heterocycles. The van der Waals surface area contributed by atoms with Crippen molar-refractivity contribution in [1.82, 2.24) is 0 Å². The molecule has 0 amide bonds. The Morgan fingerprint density at radius 1 is 1.36 bits per heavy atom. The van der Waals surface area contributed by atoms with Crippen LogP contribution in [-0.4, -0.2) is 0 Å². The molecule has 0 unspecified atom stereocenters. The zero-order chi connectivity index (χ0) is 7.84. The molecule has 58 valence electrons.